The van der Waals surface area contributed by atoms with Gasteiger partial charge in [0.1, 0.15) is 0 Å². The maximum Gasteiger partial charge on any atom is 0.0761 e. The molecule has 1 aromatic rings. The van der Waals surface area contributed by atoms with Crippen LogP contribution < -0.4 is 0 Å². The molecule has 74 valence electrons. The van der Waals surface area contributed by atoms with Crippen molar-refractivity contribution < 1.29 is 5.11 Å². The first kappa shape index (κ1) is 9.81. The van der Waals surface area contributed by atoms with E-state index >= 15 is 0 Å². The highest BCUT2D eigenvalue weighted by Gasteiger charge is 2.15. The topological polar surface area (TPSA) is 20.2 Å². The molecule has 0 fully saturated rings. The highest BCUT2D eigenvalue weighted by molar-refractivity contribution is 7.99. The van der Waals surface area contributed by atoms with Crippen molar-refractivity contribution in [2.75, 3.05) is 5.75 Å². The molecule has 0 bridgehead atoms. The lowest BCUT2D eigenvalue weighted by Gasteiger charge is -2.07. The second-order valence-electron chi connectivity index (χ2n) is 3.47. The molecule has 0 saturated carbocycles. The monoisotopic (exact) mass is 206 g/mol. The van der Waals surface area contributed by atoms with E-state index in [1.807, 2.05) is 18.2 Å². The fourth-order valence-electron chi connectivity index (χ4n) is 1.59. The zero-order valence-electron chi connectivity index (χ0n) is 8.02. The number of aliphatic hydroxyl groups excluding tert-OH is 1. The molecule has 0 aromatic heterocycles. The number of rotatable bonds is 3. The number of allylic oxidation sites excluding steroid dienone is 1. The molecule has 1 unspecified atom stereocenters. The van der Waals surface area contributed by atoms with Gasteiger partial charge in [-0.25, -0.2) is 0 Å². The second-order valence-corrected chi connectivity index (χ2v) is 4.52. The standard InChI is InChI=1S/C12H14OS/c13-12-8-4-5-10(12)9-14-11-6-2-1-3-7-11/h1-3,5-7,12-13H,4,8-9H2. The van der Waals surface area contributed by atoms with E-state index in [0.717, 1.165) is 18.6 Å². The summed E-state index contributed by atoms with van der Waals surface area (Å²) in [6.07, 6.45) is 3.92. The van der Waals surface area contributed by atoms with Crippen LogP contribution in [0.1, 0.15) is 12.8 Å². The summed E-state index contributed by atoms with van der Waals surface area (Å²) in [4.78, 5) is 1.27. The van der Waals surface area contributed by atoms with E-state index < -0.39 is 0 Å². The molecule has 0 aliphatic heterocycles. The summed E-state index contributed by atoms with van der Waals surface area (Å²) in [6, 6.07) is 10.3. The molecular weight excluding hydrogens is 192 g/mol. The zero-order chi connectivity index (χ0) is 9.80. The van der Waals surface area contributed by atoms with Crippen LogP contribution in [-0.2, 0) is 0 Å². The van der Waals surface area contributed by atoms with Crippen LogP contribution in [0.4, 0.5) is 0 Å². The number of hydrogen-bond donors (Lipinski definition) is 1. The van der Waals surface area contributed by atoms with Crippen LogP contribution in [0.3, 0.4) is 0 Å². The third-order valence-electron chi connectivity index (χ3n) is 2.42. The van der Waals surface area contributed by atoms with Crippen LogP contribution in [0, 0.1) is 0 Å². The molecule has 0 saturated heterocycles. The van der Waals surface area contributed by atoms with Crippen molar-refractivity contribution in [3.8, 4) is 0 Å². The minimum atomic E-state index is -0.189. The van der Waals surface area contributed by atoms with E-state index in [-0.39, 0.29) is 6.10 Å². The molecule has 2 heteroatoms. The highest BCUT2D eigenvalue weighted by Crippen LogP contribution is 2.26. The van der Waals surface area contributed by atoms with E-state index in [0.29, 0.717) is 0 Å². The summed E-state index contributed by atoms with van der Waals surface area (Å²) in [7, 11) is 0. The van der Waals surface area contributed by atoms with Gasteiger partial charge in [-0.1, -0.05) is 24.3 Å². The molecule has 0 radical (unpaired) electrons. The van der Waals surface area contributed by atoms with Gasteiger partial charge in [-0.3, -0.25) is 0 Å². The van der Waals surface area contributed by atoms with E-state index in [9.17, 15) is 5.11 Å². The summed E-state index contributed by atoms with van der Waals surface area (Å²) < 4.78 is 0. The molecule has 1 atom stereocenters. The lowest BCUT2D eigenvalue weighted by molar-refractivity contribution is 0.212. The molecule has 1 N–H and O–H groups in total. The van der Waals surface area contributed by atoms with Crippen LogP contribution in [0.15, 0.2) is 46.9 Å². The Hall–Kier alpha value is -0.730. The Labute approximate surface area is 88.8 Å². The van der Waals surface area contributed by atoms with Gasteiger partial charge < -0.3 is 5.11 Å². The maximum absolute atomic E-state index is 9.59. The third kappa shape index (κ3) is 2.40. The SMILES string of the molecule is OC1CCC=C1CSc1ccccc1. The average molecular weight is 206 g/mol. The summed E-state index contributed by atoms with van der Waals surface area (Å²) in [5.41, 5.74) is 1.19. The van der Waals surface area contributed by atoms with Gasteiger partial charge in [-0.15, -0.1) is 11.8 Å². The smallest absolute Gasteiger partial charge is 0.0761 e. The van der Waals surface area contributed by atoms with Gasteiger partial charge in [0.15, 0.2) is 0 Å². The molecule has 0 spiro atoms. The molecule has 1 nitrogen and oxygen atoms in total. The van der Waals surface area contributed by atoms with Gasteiger partial charge in [-0.2, -0.15) is 0 Å². The number of thioether (sulfide) groups is 1. The van der Waals surface area contributed by atoms with E-state index in [1.54, 1.807) is 11.8 Å². The Bertz CT molecular complexity index is 318. The van der Waals surface area contributed by atoms with Crippen molar-refractivity contribution in [2.45, 2.75) is 23.8 Å². The molecule has 0 amide bonds. The summed E-state index contributed by atoms with van der Waals surface area (Å²) in [5.74, 6) is 0.922. The average Bonchev–Trinajstić information content (AvgIpc) is 2.63. The molecule has 14 heavy (non-hydrogen) atoms. The first-order chi connectivity index (χ1) is 6.86. The second kappa shape index (κ2) is 4.67. The van der Waals surface area contributed by atoms with Crippen molar-refractivity contribution in [1.82, 2.24) is 0 Å². The fraction of sp³-hybridized carbons (Fsp3) is 0.333. The molecular formula is C12H14OS. The van der Waals surface area contributed by atoms with Crippen LogP contribution in [-0.4, -0.2) is 17.0 Å². The van der Waals surface area contributed by atoms with E-state index in [1.165, 1.54) is 10.5 Å². The number of benzene rings is 1. The van der Waals surface area contributed by atoms with Crippen molar-refractivity contribution in [1.29, 1.82) is 0 Å². The Morgan fingerprint density at radius 2 is 2.07 bits per heavy atom. The Morgan fingerprint density at radius 3 is 2.71 bits per heavy atom. The predicted molar refractivity (Wildman–Crippen MR) is 60.5 cm³/mol. The van der Waals surface area contributed by atoms with Crippen LogP contribution in [0.5, 0.6) is 0 Å². The Kier molecular flexibility index (Phi) is 3.27. The van der Waals surface area contributed by atoms with Crippen molar-refractivity contribution in [3.05, 3.63) is 42.0 Å². The van der Waals surface area contributed by atoms with Crippen LogP contribution in [0.25, 0.3) is 0 Å². The van der Waals surface area contributed by atoms with Gasteiger partial charge in [0, 0.05) is 10.6 Å². The number of aliphatic hydroxyl groups is 1. The molecule has 2 rings (SSSR count). The van der Waals surface area contributed by atoms with Crippen molar-refractivity contribution in [3.63, 3.8) is 0 Å². The van der Waals surface area contributed by atoms with Gasteiger partial charge in [0.25, 0.3) is 0 Å². The Balaban J connectivity index is 1.89. The molecule has 1 aliphatic rings. The lowest BCUT2D eigenvalue weighted by Crippen LogP contribution is -2.06. The van der Waals surface area contributed by atoms with Gasteiger partial charge >= 0.3 is 0 Å². The highest BCUT2D eigenvalue weighted by atomic mass is 32.2. The zero-order valence-corrected chi connectivity index (χ0v) is 8.83. The van der Waals surface area contributed by atoms with Gasteiger partial charge in [0.2, 0.25) is 0 Å². The molecule has 0 heterocycles. The van der Waals surface area contributed by atoms with Gasteiger partial charge in [0.05, 0.1) is 6.10 Å². The summed E-state index contributed by atoms with van der Waals surface area (Å²) in [6.45, 7) is 0. The first-order valence-corrected chi connectivity index (χ1v) is 5.89. The number of hydrogen-bond acceptors (Lipinski definition) is 2. The third-order valence-corrected chi connectivity index (χ3v) is 3.51. The quantitative estimate of drug-likeness (QED) is 0.606. The van der Waals surface area contributed by atoms with E-state index in [4.69, 9.17) is 0 Å². The largest absolute Gasteiger partial charge is 0.389 e. The predicted octanol–water partition coefficient (Wildman–Crippen LogP) is 2.86. The molecule has 1 aromatic carbocycles. The lowest BCUT2D eigenvalue weighted by atomic mass is 10.2. The van der Waals surface area contributed by atoms with Crippen LogP contribution >= 0.6 is 11.8 Å². The minimum absolute atomic E-state index is 0.189. The van der Waals surface area contributed by atoms with E-state index in [2.05, 4.69) is 18.2 Å². The molecule has 1 aliphatic carbocycles. The van der Waals surface area contributed by atoms with Crippen LogP contribution in [0.2, 0.25) is 0 Å². The summed E-state index contributed by atoms with van der Waals surface area (Å²) >= 11 is 1.79. The first-order valence-electron chi connectivity index (χ1n) is 4.91. The summed E-state index contributed by atoms with van der Waals surface area (Å²) in [5, 5.41) is 9.59. The maximum atomic E-state index is 9.59. The normalized spacial score (nSPS) is 20.9. The fourth-order valence-corrected chi connectivity index (χ4v) is 2.58. The minimum Gasteiger partial charge on any atom is -0.389 e. The van der Waals surface area contributed by atoms with Crippen molar-refractivity contribution >= 4 is 11.8 Å². The Morgan fingerprint density at radius 1 is 1.29 bits per heavy atom. The van der Waals surface area contributed by atoms with Crippen molar-refractivity contribution in [2.24, 2.45) is 0 Å². The van der Waals surface area contributed by atoms with Gasteiger partial charge in [-0.05, 0) is 30.5 Å².